The lowest BCUT2D eigenvalue weighted by Gasteiger charge is -2.36. The zero-order valence-corrected chi connectivity index (χ0v) is 10.9. The number of hydrogen-bond donors (Lipinski definition) is 1. The second kappa shape index (κ2) is 6.45. The maximum atomic E-state index is 12.2. The lowest BCUT2D eigenvalue weighted by molar-refractivity contribution is -0.136. The lowest BCUT2D eigenvalue weighted by Crippen LogP contribution is -2.50. The molecule has 4 heteroatoms. The Morgan fingerprint density at radius 1 is 1.31 bits per heavy atom. The van der Waals surface area contributed by atoms with Gasteiger partial charge < -0.3 is 10.2 Å². The molecule has 16 heavy (non-hydrogen) atoms. The van der Waals surface area contributed by atoms with Crippen LogP contribution >= 0.6 is 12.4 Å². The quantitative estimate of drug-likeness (QED) is 0.808. The van der Waals surface area contributed by atoms with E-state index in [-0.39, 0.29) is 18.4 Å². The van der Waals surface area contributed by atoms with Gasteiger partial charge in [0.25, 0.3) is 0 Å². The van der Waals surface area contributed by atoms with Crippen LogP contribution in [0.25, 0.3) is 0 Å². The first-order valence-electron chi connectivity index (χ1n) is 6.36. The van der Waals surface area contributed by atoms with Gasteiger partial charge in [0.2, 0.25) is 5.91 Å². The van der Waals surface area contributed by atoms with Crippen LogP contribution in [0, 0.1) is 0 Å². The number of rotatable bonds is 2. The zero-order chi connectivity index (χ0) is 10.7. The van der Waals surface area contributed by atoms with Gasteiger partial charge in [-0.25, -0.2) is 0 Å². The molecule has 2 aliphatic rings. The Labute approximate surface area is 104 Å². The van der Waals surface area contributed by atoms with Crippen molar-refractivity contribution in [3.05, 3.63) is 0 Å². The Kier molecular flexibility index (Phi) is 5.56. The highest BCUT2D eigenvalue weighted by molar-refractivity contribution is 5.85. The Morgan fingerprint density at radius 2 is 2.12 bits per heavy atom. The molecule has 2 aliphatic heterocycles. The summed E-state index contributed by atoms with van der Waals surface area (Å²) in [5.74, 6) is 0.360. The average molecular weight is 247 g/mol. The number of piperidine rings is 1. The van der Waals surface area contributed by atoms with Crippen LogP contribution in [-0.4, -0.2) is 36.0 Å². The summed E-state index contributed by atoms with van der Waals surface area (Å²) in [7, 11) is 0. The molecule has 0 saturated carbocycles. The van der Waals surface area contributed by atoms with Crippen molar-refractivity contribution in [2.75, 3.05) is 13.1 Å². The molecular weight excluding hydrogens is 224 g/mol. The number of amides is 1. The van der Waals surface area contributed by atoms with E-state index in [1.165, 1.54) is 19.3 Å². The standard InChI is InChI=1S/C12H22N2O.ClH/c1-2-10-6-3-4-9-14(10)12(15)11-7-5-8-13-11;/h10-11,13H,2-9H2,1H3;1H. The molecule has 1 amide bonds. The Morgan fingerprint density at radius 3 is 2.75 bits per heavy atom. The molecule has 1 N–H and O–H groups in total. The molecule has 3 nitrogen and oxygen atoms in total. The van der Waals surface area contributed by atoms with E-state index in [0.29, 0.717) is 11.9 Å². The fraction of sp³-hybridized carbons (Fsp3) is 0.917. The smallest absolute Gasteiger partial charge is 0.239 e. The summed E-state index contributed by atoms with van der Waals surface area (Å²) in [5.41, 5.74) is 0. The van der Waals surface area contributed by atoms with Gasteiger partial charge in [-0.2, -0.15) is 0 Å². The van der Waals surface area contributed by atoms with Crippen molar-refractivity contribution in [1.82, 2.24) is 10.2 Å². The Hall–Kier alpha value is -0.280. The topological polar surface area (TPSA) is 32.3 Å². The molecule has 0 aromatic heterocycles. The largest absolute Gasteiger partial charge is 0.338 e. The molecule has 0 radical (unpaired) electrons. The van der Waals surface area contributed by atoms with Gasteiger partial charge in [0, 0.05) is 12.6 Å². The second-order valence-electron chi connectivity index (χ2n) is 4.74. The molecule has 94 valence electrons. The number of likely N-dealkylation sites (tertiary alicyclic amines) is 1. The Balaban J connectivity index is 0.00000128. The fourth-order valence-corrected chi connectivity index (χ4v) is 2.81. The van der Waals surface area contributed by atoms with Gasteiger partial charge in [0.05, 0.1) is 6.04 Å². The minimum Gasteiger partial charge on any atom is -0.338 e. The predicted molar refractivity (Wildman–Crippen MR) is 67.9 cm³/mol. The molecule has 2 unspecified atom stereocenters. The minimum absolute atomic E-state index is 0. The van der Waals surface area contributed by atoms with Crippen LogP contribution in [0.5, 0.6) is 0 Å². The summed E-state index contributed by atoms with van der Waals surface area (Å²) >= 11 is 0. The number of hydrogen-bond acceptors (Lipinski definition) is 2. The van der Waals surface area contributed by atoms with E-state index >= 15 is 0 Å². The van der Waals surface area contributed by atoms with E-state index in [0.717, 1.165) is 32.4 Å². The van der Waals surface area contributed by atoms with E-state index in [2.05, 4.69) is 17.1 Å². The minimum atomic E-state index is 0. The summed E-state index contributed by atoms with van der Waals surface area (Å²) in [6, 6.07) is 0.630. The molecule has 2 saturated heterocycles. The van der Waals surface area contributed by atoms with Crippen LogP contribution in [0.4, 0.5) is 0 Å². The molecule has 2 heterocycles. The van der Waals surface area contributed by atoms with Gasteiger partial charge in [-0.15, -0.1) is 12.4 Å². The van der Waals surface area contributed by atoms with Crippen LogP contribution in [-0.2, 0) is 4.79 Å². The highest BCUT2D eigenvalue weighted by Crippen LogP contribution is 2.21. The number of nitrogens with zero attached hydrogens (tertiary/aromatic N) is 1. The summed E-state index contributed by atoms with van der Waals surface area (Å²) in [6.07, 6.45) is 6.98. The van der Waals surface area contributed by atoms with Crippen molar-refractivity contribution in [1.29, 1.82) is 0 Å². The van der Waals surface area contributed by atoms with E-state index in [9.17, 15) is 4.79 Å². The monoisotopic (exact) mass is 246 g/mol. The maximum Gasteiger partial charge on any atom is 0.239 e. The number of carbonyl (C=O) groups excluding carboxylic acids is 1. The average Bonchev–Trinajstić information content (AvgIpc) is 2.81. The summed E-state index contributed by atoms with van der Waals surface area (Å²) in [4.78, 5) is 14.4. The first-order chi connectivity index (χ1) is 7.33. The van der Waals surface area contributed by atoms with Gasteiger partial charge in [-0.1, -0.05) is 6.92 Å². The van der Waals surface area contributed by atoms with Crippen LogP contribution in [0.15, 0.2) is 0 Å². The predicted octanol–water partition coefficient (Wildman–Crippen LogP) is 1.95. The first kappa shape index (κ1) is 13.8. The SMILES string of the molecule is CCC1CCCCN1C(=O)C1CCCN1.Cl. The Bertz CT molecular complexity index is 229. The molecule has 0 bridgehead atoms. The van der Waals surface area contributed by atoms with E-state index in [1.54, 1.807) is 0 Å². The second-order valence-corrected chi connectivity index (χ2v) is 4.74. The molecule has 2 rings (SSSR count). The van der Waals surface area contributed by atoms with E-state index in [1.807, 2.05) is 0 Å². The third-order valence-corrected chi connectivity index (χ3v) is 3.74. The van der Waals surface area contributed by atoms with Gasteiger partial charge in [-0.05, 0) is 45.1 Å². The van der Waals surface area contributed by atoms with Crippen LogP contribution in [0.1, 0.15) is 45.4 Å². The molecular formula is C12H23ClN2O. The molecule has 0 aromatic rings. The zero-order valence-electron chi connectivity index (χ0n) is 10.1. The highest BCUT2D eigenvalue weighted by Gasteiger charge is 2.31. The number of nitrogens with one attached hydrogen (secondary N) is 1. The van der Waals surface area contributed by atoms with Crippen molar-refractivity contribution in [2.45, 2.75) is 57.5 Å². The molecule has 0 aromatic carbocycles. The molecule has 0 spiro atoms. The highest BCUT2D eigenvalue weighted by atomic mass is 35.5. The molecule has 2 atom stereocenters. The molecule has 2 fully saturated rings. The summed E-state index contributed by atoms with van der Waals surface area (Å²) in [6.45, 7) is 4.19. The van der Waals surface area contributed by atoms with E-state index in [4.69, 9.17) is 0 Å². The van der Waals surface area contributed by atoms with Gasteiger partial charge in [0.15, 0.2) is 0 Å². The maximum absolute atomic E-state index is 12.2. The van der Waals surface area contributed by atoms with E-state index < -0.39 is 0 Å². The normalized spacial score (nSPS) is 29.9. The fourth-order valence-electron chi connectivity index (χ4n) is 2.81. The third kappa shape index (κ3) is 2.89. The van der Waals surface area contributed by atoms with Crippen LogP contribution in [0.2, 0.25) is 0 Å². The number of halogens is 1. The van der Waals surface area contributed by atoms with Crippen molar-refractivity contribution < 1.29 is 4.79 Å². The van der Waals surface area contributed by atoms with Crippen molar-refractivity contribution >= 4 is 18.3 Å². The van der Waals surface area contributed by atoms with Gasteiger partial charge in [0.1, 0.15) is 0 Å². The van der Waals surface area contributed by atoms with Crippen LogP contribution in [0.3, 0.4) is 0 Å². The lowest BCUT2D eigenvalue weighted by atomic mass is 9.99. The third-order valence-electron chi connectivity index (χ3n) is 3.74. The van der Waals surface area contributed by atoms with Crippen molar-refractivity contribution in [2.24, 2.45) is 0 Å². The first-order valence-corrected chi connectivity index (χ1v) is 6.36. The number of carbonyl (C=O) groups is 1. The van der Waals surface area contributed by atoms with Crippen LogP contribution < -0.4 is 5.32 Å². The molecule has 0 aliphatic carbocycles. The summed E-state index contributed by atoms with van der Waals surface area (Å²) in [5, 5.41) is 3.31. The van der Waals surface area contributed by atoms with Crippen molar-refractivity contribution in [3.8, 4) is 0 Å². The van der Waals surface area contributed by atoms with Gasteiger partial charge in [-0.3, -0.25) is 4.79 Å². The van der Waals surface area contributed by atoms with Gasteiger partial charge >= 0.3 is 0 Å². The summed E-state index contributed by atoms with van der Waals surface area (Å²) < 4.78 is 0. The van der Waals surface area contributed by atoms with Crippen molar-refractivity contribution in [3.63, 3.8) is 0 Å².